The predicted octanol–water partition coefficient (Wildman–Crippen LogP) is 10.7. The van der Waals surface area contributed by atoms with E-state index in [4.69, 9.17) is 0 Å². The van der Waals surface area contributed by atoms with Crippen LogP contribution in [0.3, 0.4) is 0 Å². The monoisotopic (exact) mass is 708 g/mol. The van der Waals surface area contributed by atoms with Crippen LogP contribution in [0.15, 0.2) is 54.6 Å². The molecule has 1 N–H and O–H groups in total. The van der Waals surface area contributed by atoms with Crippen LogP contribution >= 0.6 is 0 Å². The molecule has 1 heterocycles. The molecule has 4 heteroatoms. The van der Waals surface area contributed by atoms with Crippen molar-refractivity contribution < 1.29 is 25.9 Å². The van der Waals surface area contributed by atoms with Crippen LogP contribution in [0.5, 0.6) is 0 Å². The molecule has 0 unspecified atom stereocenters. The van der Waals surface area contributed by atoms with Gasteiger partial charge >= 0.3 is 21.1 Å². The van der Waals surface area contributed by atoms with Crippen LogP contribution in [0.2, 0.25) is 0 Å². The van der Waals surface area contributed by atoms with E-state index in [1.807, 2.05) is 96.1 Å². The van der Waals surface area contributed by atoms with Crippen molar-refractivity contribution in [3.8, 4) is 11.1 Å². The first kappa shape index (κ1) is 42.0. The minimum atomic E-state index is 0. The fourth-order valence-corrected chi connectivity index (χ4v) is 4.19. The quantitative estimate of drug-likeness (QED) is 0.128. The summed E-state index contributed by atoms with van der Waals surface area (Å²) in [5.41, 5.74) is 2.86. The number of benzene rings is 2. The maximum absolute atomic E-state index is 10.3. The van der Waals surface area contributed by atoms with E-state index in [2.05, 4.69) is 23.6 Å². The van der Waals surface area contributed by atoms with E-state index in [1.54, 1.807) is 6.41 Å². The summed E-state index contributed by atoms with van der Waals surface area (Å²) in [6.07, 6.45) is 19.8. The van der Waals surface area contributed by atoms with Crippen molar-refractivity contribution in [3.63, 3.8) is 0 Å². The molecule has 1 saturated heterocycles. The third kappa shape index (κ3) is 23.0. The maximum Gasteiger partial charge on any atom is 2.00 e. The minimum Gasteiger partial charge on any atom is -0.490 e. The van der Waals surface area contributed by atoms with Gasteiger partial charge in [0, 0.05) is 0 Å². The number of carbonyl (C=O) groups excluding carboxylic acids is 1. The van der Waals surface area contributed by atoms with E-state index in [-0.39, 0.29) is 21.1 Å². The Morgan fingerprint density at radius 1 is 0.718 bits per heavy atom. The normalized spacial score (nSPS) is 11.8. The van der Waals surface area contributed by atoms with Crippen LogP contribution in [-0.2, 0) is 25.9 Å². The SMILES string of the molecule is CC.CC.CC.CCCCCCCCCCCN1CC[CH-]CC1.O=[C-]Nc1ccccc1-c1ccccc1.[W+2]. The van der Waals surface area contributed by atoms with Crippen LogP contribution in [-0.4, -0.2) is 30.9 Å². The Labute approximate surface area is 258 Å². The van der Waals surface area contributed by atoms with Gasteiger partial charge in [0.05, 0.1) is 6.41 Å². The van der Waals surface area contributed by atoms with Gasteiger partial charge in [-0.1, -0.05) is 154 Å². The van der Waals surface area contributed by atoms with Gasteiger partial charge in [0.2, 0.25) is 0 Å². The molecule has 1 fully saturated rings. The van der Waals surface area contributed by atoms with Gasteiger partial charge in [-0.15, -0.1) is 11.8 Å². The summed E-state index contributed by atoms with van der Waals surface area (Å²) in [4.78, 5) is 13.0. The molecule has 0 spiro atoms. The summed E-state index contributed by atoms with van der Waals surface area (Å²) < 4.78 is 0. The molecule has 0 saturated carbocycles. The maximum atomic E-state index is 10.3. The van der Waals surface area contributed by atoms with Crippen molar-refractivity contribution in [2.75, 3.05) is 25.0 Å². The topological polar surface area (TPSA) is 32.3 Å². The molecule has 0 aliphatic carbocycles. The fraction of sp³-hybridized carbons (Fsp3) is 0.600. The Morgan fingerprint density at radius 2 is 1.21 bits per heavy atom. The molecular formula is C35H60N2OW. The van der Waals surface area contributed by atoms with Gasteiger partial charge in [0.1, 0.15) is 0 Å². The van der Waals surface area contributed by atoms with Gasteiger partial charge in [-0.2, -0.15) is 12.8 Å². The molecule has 1 amide bonds. The second-order valence-corrected chi connectivity index (χ2v) is 8.67. The first-order chi connectivity index (χ1) is 18.8. The number of hydrogen-bond acceptors (Lipinski definition) is 2. The molecule has 0 aromatic heterocycles. The Balaban J connectivity index is -0.000000547. The van der Waals surface area contributed by atoms with E-state index < -0.39 is 0 Å². The molecule has 2 aromatic rings. The van der Waals surface area contributed by atoms with Crippen molar-refractivity contribution in [3.05, 3.63) is 61.0 Å². The second-order valence-electron chi connectivity index (χ2n) is 8.67. The van der Waals surface area contributed by atoms with Crippen LogP contribution < -0.4 is 5.32 Å². The van der Waals surface area contributed by atoms with Gasteiger partial charge in [0.25, 0.3) is 0 Å². The van der Waals surface area contributed by atoms with E-state index in [9.17, 15) is 4.79 Å². The molecule has 3 rings (SSSR count). The van der Waals surface area contributed by atoms with Gasteiger partial charge in [-0.3, -0.25) is 0 Å². The average Bonchev–Trinajstić information content (AvgIpc) is 3.01. The van der Waals surface area contributed by atoms with Crippen LogP contribution in [0.1, 0.15) is 119 Å². The number of unbranched alkanes of at least 4 members (excludes halogenated alkanes) is 8. The Kier molecular flexibility index (Phi) is 37.3. The fourth-order valence-electron chi connectivity index (χ4n) is 4.19. The molecule has 222 valence electrons. The van der Waals surface area contributed by atoms with E-state index in [0.29, 0.717) is 0 Å². The summed E-state index contributed by atoms with van der Waals surface area (Å²) in [7, 11) is 0. The number of piperidine rings is 1. The molecule has 2 aromatic carbocycles. The van der Waals surface area contributed by atoms with E-state index in [1.165, 1.54) is 90.3 Å². The van der Waals surface area contributed by atoms with Crippen molar-refractivity contribution >= 4 is 12.1 Å². The number of para-hydroxylation sites is 1. The van der Waals surface area contributed by atoms with Gasteiger partial charge in [-0.05, 0) is 31.6 Å². The number of likely N-dealkylation sites (tertiary alicyclic amines) is 1. The standard InChI is InChI=1S/C16H32N.C13H10NO.3C2H6.W/c1-2-3-4-5-6-7-8-9-11-14-17-15-12-10-13-16-17;15-10-14-13-9-5-4-8-12(13)11-6-2-1-3-7-11;3*1-2;/h10H,2-9,11-16H2,1H3;1-9H,(H,14,15);3*1-2H3;/q2*-1;;;;+2. The predicted molar refractivity (Wildman–Crippen MR) is 172 cm³/mol. The minimum absolute atomic E-state index is 0. The van der Waals surface area contributed by atoms with Gasteiger partial charge in [-0.25, -0.2) is 0 Å². The number of rotatable bonds is 13. The van der Waals surface area contributed by atoms with Crippen LogP contribution in [0.25, 0.3) is 11.1 Å². The van der Waals surface area contributed by atoms with Crippen molar-refractivity contribution in [2.24, 2.45) is 0 Å². The Bertz CT molecular complexity index is 718. The van der Waals surface area contributed by atoms with Crippen molar-refractivity contribution in [1.82, 2.24) is 4.90 Å². The van der Waals surface area contributed by atoms with Crippen LogP contribution in [0.4, 0.5) is 5.69 Å². The largest absolute Gasteiger partial charge is 2.00 e. The number of nitrogens with one attached hydrogen (secondary N) is 1. The summed E-state index contributed by atoms with van der Waals surface area (Å²) >= 11 is 0. The Hall–Kier alpha value is -1.44. The van der Waals surface area contributed by atoms with E-state index in [0.717, 1.165) is 16.8 Å². The summed E-state index contributed by atoms with van der Waals surface area (Å²) in [6, 6.07) is 17.6. The summed E-state index contributed by atoms with van der Waals surface area (Å²) in [5.74, 6) is 0. The molecule has 3 nitrogen and oxygen atoms in total. The molecular weight excluding hydrogens is 648 g/mol. The van der Waals surface area contributed by atoms with Gasteiger partial charge in [0.15, 0.2) is 0 Å². The number of anilines is 1. The first-order valence-corrected chi connectivity index (χ1v) is 15.7. The van der Waals surface area contributed by atoms with Gasteiger partial charge < -0.3 is 21.4 Å². The first-order valence-electron chi connectivity index (χ1n) is 15.7. The van der Waals surface area contributed by atoms with Crippen molar-refractivity contribution in [2.45, 2.75) is 119 Å². The molecule has 1 aliphatic heterocycles. The third-order valence-corrected chi connectivity index (χ3v) is 6.07. The molecule has 39 heavy (non-hydrogen) atoms. The summed E-state index contributed by atoms with van der Waals surface area (Å²) in [6.45, 7) is 18.3. The van der Waals surface area contributed by atoms with E-state index >= 15 is 0 Å². The zero-order valence-corrected chi connectivity index (χ0v) is 29.4. The zero-order chi connectivity index (χ0) is 28.7. The third-order valence-electron chi connectivity index (χ3n) is 6.07. The molecule has 0 radical (unpaired) electrons. The smallest absolute Gasteiger partial charge is 0.490 e. The number of amides is 1. The van der Waals surface area contributed by atoms with Crippen LogP contribution in [0, 0.1) is 6.42 Å². The molecule has 0 bridgehead atoms. The second kappa shape index (κ2) is 34.6. The molecule has 0 atom stereocenters. The molecule has 1 aliphatic rings. The number of hydrogen-bond donors (Lipinski definition) is 1. The summed E-state index contributed by atoms with van der Waals surface area (Å²) in [5, 5.41) is 2.57. The van der Waals surface area contributed by atoms with Crippen molar-refractivity contribution in [1.29, 1.82) is 0 Å². The number of nitrogens with zero attached hydrogens (tertiary/aromatic N) is 1. The Morgan fingerprint density at radius 3 is 1.74 bits per heavy atom. The zero-order valence-electron chi connectivity index (χ0n) is 26.4. The average molecular weight is 709 g/mol.